The number of aromatic nitrogens is 2. The number of hydrogen-bond acceptors (Lipinski definition) is 2. The Hall–Kier alpha value is -2.47. The molecule has 0 radical (unpaired) electrons. The van der Waals surface area contributed by atoms with Gasteiger partial charge in [0, 0.05) is 22.4 Å². The highest BCUT2D eigenvalue weighted by Gasteiger charge is 2.30. The van der Waals surface area contributed by atoms with Crippen molar-refractivity contribution in [3.05, 3.63) is 76.1 Å². The van der Waals surface area contributed by atoms with Gasteiger partial charge >= 0.3 is 0 Å². The predicted molar refractivity (Wildman–Crippen MR) is 92.8 cm³/mol. The highest BCUT2D eigenvalue weighted by Crippen LogP contribution is 2.38. The van der Waals surface area contributed by atoms with Gasteiger partial charge in [-0.05, 0) is 42.0 Å². The lowest BCUT2D eigenvalue weighted by atomic mass is 9.87. The standard InChI is InChI=1S/C18H13BrFN3O/c19-12-3-1-11(2-4-12)15-9-17(24)22-18-16(15)10-21-23(18)14-7-5-13(20)6-8-14/h1-8,10,15H,9H2,(H,22,24)/t15-/m0/s1. The van der Waals surface area contributed by atoms with Gasteiger partial charge in [-0.1, -0.05) is 28.1 Å². The molecule has 2 aromatic carbocycles. The summed E-state index contributed by atoms with van der Waals surface area (Å²) in [6.07, 6.45) is 2.15. The molecular formula is C18H13BrFN3O. The molecule has 4 rings (SSSR count). The second kappa shape index (κ2) is 5.87. The van der Waals surface area contributed by atoms with E-state index in [4.69, 9.17) is 0 Å². The van der Waals surface area contributed by atoms with Crippen molar-refractivity contribution in [2.45, 2.75) is 12.3 Å². The fourth-order valence-corrected chi connectivity index (χ4v) is 3.25. The van der Waals surface area contributed by atoms with Gasteiger partial charge in [-0.15, -0.1) is 0 Å². The Morgan fingerprint density at radius 2 is 1.83 bits per heavy atom. The van der Waals surface area contributed by atoms with Crippen molar-refractivity contribution in [2.75, 3.05) is 5.32 Å². The lowest BCUT2D eigenvalue weighted by Crippen LogP contribution is -2.24. The summed E-state index contributed by atoms with van der Waals surface area (Å²) in [4.78, 5) is 12.2. The van der Waals surface area contributed by atoms with E-state index in [2.05, 4.69) is 26.3 Å². The first kappa shape index (κ1) is 15.1. The number of halogens is 2. The van der Waals surface area contributed by atoms with Crippen LogP contribution in [0, 0.1) is 5.82 Å². The topological polar surface area (TPSA) is 46.9 Å². The third kappa shape index (κ3) is 2.63. The third-order valence-electron chi connectivity index (χ3n) is 4.16. The Morgan fingerprint density at radius 1 is 1.12 bits per heavy atom. The molecule has 1 aromatic heterocycles. The molecule has 0 aliphatic carbocycles. The molecule has 0 saturated carbocycles. The number of rotatable bonds is 2. The Bertz CT molecular complexity index is 903. The summed E-state index contributed by atoms with van der Waals surface area (Å²) < 4.78 is 15.8. The smallest absolute Gasteiger partial charge is 0.226 e. The summed E-state index contributed by atoms with van der Waals surface area (Å²) in [7, 11) is 0. The van der Waals surface area contributed by atoms with Crippen molar-refractivity contribution in [1.29, 1.82) is 0 Å². The number of amides is 1. The van der Waals surface area contributed by atoms with Crippen molar-refractivity contribution in [1.82, 2.24) is 9.78 Å². The summed E-state index contributed by atoms with van der Waals surface area (Å²) in [5, 5.41) is 7.29. The van der Waals surface area contributed by atoms with E-state index >= 15 is 0 Å². The zero-order valence-electron chi connectivity index (χ0n) is 12.5. The Morgan fingerprint density at radius 3 is 2.54 bits per heavy atom. The third-order valence-corrected chi connectivity index (χ3v) is 4.69. The van der Waals surface area contributed by atoms with Gasteiger partial charge in [-0.3, -0.25) is 4.79 Å². The van der Waals surface area contributed by atoms with Gasteiger partial charge in [0.2, 0.25) is 5.91 Å². The van der Waals surface area contributed by atoms with Crippen molar-refractivity contribution in [3.63, 3.8) is 0 Å². The van der Waals surface area contributed by atoms with E-state index in [-0.39, 0.29) is 17.6 Å². The van der Waals surface area contributed by atoms with Crippen LogP contribution < -0.4 is 5.32 Å². The lowest BCUT2D eigenvalue weighted by molar-refractivity contribution is -0.116. The van der Waals surface area contributed by atoms with E-state index in [9.17, 15) is 9.18 Å². The van der Waals surface area contributed by atoms with Gasteiger partial charge in [0.1, 0.15) is 11.6 Å². The average Bonchev–Trinajstić information content (AvgIpc) is 2.99. The number of carbonyl (C=O) groups excluding carboxylic acids is 1. The van der Waals surface area contributed by atoms with E-state index in [1.807, 2.05) is 24.3 Å². The molecule has 0 bridgehead atoms. The van der Waals surface area contributed by atoms with Gasteiger partial charge in [0.15, 0.2) is 0 Å². The van der Waals surface area contributed by atoms with Crippen molar-refractivity contribution in [2.24, 2.45) is 0 Å². The van der Waals surface area contributed by atoms with Crippen LogP contribution in [0.15, 0.2) is 59.2 Å². The molecule has 0 saturated heterocycles. The average molecular weight is 386 g/mol. The minimum atomic E-state index is -0.309. The van der Waals surface area contributed by atoms with Crippen LogP contribution in [-0.2, 0) is 4.79 Å². The van der Waals surface area contributed by atoms with Gasteiger partial charge in [-0.2, -0.15) is 5.10 Å². The van der Waals surface area contributed by atoms with Crippen LogP contribution in [0.5, 0.6) is 0 Å². The molecule has 0 fully saturated rings. The highest BCUT2D eigenvalue weighted by atomic mass is 79.9. The number of fused-ring (bicyclic) bond motifs is 1. The molecule has 120 valence electrons. The van der Waals surface area contributed by atoms with E-state index in [0.29, 0.717) is 17.9 Å². The molecule has 1 atom stereocenters. The number of anilines is 1. The van der Waals surface area contributed by atoms with E-state index in [1.54, 1.807) is 23.0 Å². The maximum atomic E-state index is 13.1. The maximum Gasteiger partial charge on any atom is 0.226 e. The molecule has 1 amide bonds. The molecular weight excluding hydrogens is 373 g/mol. The number of nitrogens with zero attached hydrogens (tertiary/aromatic N) is 2. The van der Waals surface area contributed by atoms with Crippen LogP contribution in [-0.4, -0.2) is 15.7 Å². The summed E-state index contributed by atoms with van der Waals surface area (Å²) in [6, 6.07) is 14.0. The minimum Gasteiger partial charge on any atom is -0.310 e. The fourth-order valence-electron chi connectivity index (χ4n) is 2.99. The van der Waals surface area contributed by atoms with E-state index in [0.717, 1.165) is 15.6 Å². The summed E-state index contributed by atoms with van der Waals surface area (Å²) in [6.45, 7) is 0. The summed E-state index contributed by atoms with van der Waals surface area (Å²) in [5.41, 5.74) is 2.73. The Kier molecular flexibility index (Phi) is 3.69. The first-order valence-corrected chi connectivity index (χ1v) is 8.30. The molecule has 1 N–H and O–H groups in total. The van der Waals surface area contributed by atoms with E-state index in [1.165, 1.54) is 12.1 Å². The van der Waals surface area contributed by atoms with Crippen molar-refractivity contribution >= 4 is 27.7 Å². The molecule has 1 aliphatic rings. The second-order valence-corrected chi connectivity index (χ2v) is 6.61. The zero-order chi connectivity index (χ0) is 16.7. The van der Waals surface area contributed by atoms with Gasteiger partial charge in [-0.25, -0.2) is 9.07 Å². The van der Waals surface area contributed by atoms with Crippen LogP contribution in [0.25, 0.3) is 5.69 Å². The fraction of sp³-hybridized carbons (Fsp3) is 0.111. The first-order chi connectivity index (χ1) is 11.6. The predicted octanol–water partition coefficient (Wildman–Crippen LogP) is 4.25. The van der Waals surface area contributed by atoms with Gasteiger partial charge in [0.05, 0.1) is 11.9 Å². The highest BCUT2D eigenvalue weighted by molar-refractivity contribution is 9.10. The molecule has 2 heterocycles. The molecule has 4 nitrogen and oxygen atoms in total. The van der Waals surface area contributed by atoms with Gasteiger partial charge in [0.25, 0.3) is 0 Å². The normalized spacial score (nSPS) is 16.6. The minimum absolute atomic E-state index is 0.0453. The zero-order valence-corrected chi connectivity index (χ0v) is 14.1. The molecule has 1 aliphatic heterocycles. The molecule has 3 aromatic rings. The number of nitrogens with one attached hydrogen (secondary N) is 1. The molecule has 24 heavy (non-hydrogen) atoms. The largest absolute Gasteiger partial charge is 0.310 e. The quantitative estimate of drug-likeness (QED) is 0.716. The second-order valence-electron chi connectivity index (χ2n) is 5.69. The molecule has 6 heteroatoms. The van der Waals surface area contributed by atoms with Crippen LogP contribution in [0.3, 0.4) is 0 Å². The molecule has 0 unspecified atom stereocenters. The van der Waals surface area contributed by atoms with Crippen molar-refractivity contribution < 1.29 is 9.18 Å². The number of benzene rings is 2. The van der Waals surface area contributed by atoms with E-state index < -0.39 is 0 Å². The maximum absolute atomic E-state index is 13.1. The Labute approximate surface area is 146 Å². The van der Waals surface area contributed by atoms with Gasteiger partial charge < -0.3 is 5.32 Å². The monoisotopic (exact) mass is 385 g/mol. The SMILES string of the molecule is O=C1C[C@@H](c2ccc(Br)cc2)c2cnn(-c3ccc(F)cc3)c2N1. The molecule has 0 spiro atoms. The first-order valence-electron chi connectivity index (χ1n) is 7.51. The van der Waals surface area contributed by atoms with Crippen LogP contribution in [0.2, 0.25) is 0 Å². The lowest BCUT2D eigenvalue weighted by Gasteiger charge is -2.23. The summed E-state index contributed by atoms with van der Waals surface area (Å²) >= 11 is 3.43. The van der Waals surface area contributed by atoms with Crippen LogP contribution in [0.4, 0.5) is 10.2 Å². The van der Waals surface area contributed by atoms with Crippen LogP contribution >= 0.6 is 15.9 Å². The van der Waals surface area contributed by atoms with Crippen LogP contribution in [0.1, 0.15) is 23.5 Å². The Balaban J connectivity index is 1.80. The number of hydrogen-bond donors (Lipinski definition) is 1. The number of carbonyl (C=O) groups is 1. The summed E-state index contributed by atoms with van der Waals surface area (Å²) in [5.74, 6) is 0.234. The van der Waals surface area contributed by atoms with Crippen molar-refractivity contribution in [3.8, 4) is 5.69 Å².